The minimum atomic E-state index is -0.911. The molecule has 0 unspecified atom stereocenters. The fraction of sp³-hybridized carbons (Fsp3) is 1.00. The molecule has 0 aromatic carbocycles. The van der Waals surface area contributed by atoms with Gasteiger partial charge in [-0.25, -0.2) is 4.39 Å². The van der Waals surface area contributed by atoms with Gasteiger partial charge in [-0.15, -0.1) is 0 Å². The lowest BCUT2D eigenvalue weighted by molar-refractivity contribution is -0.0473. The number of aliphatic hydroxyl groups is 1. The van der Waals surface area contributed by atoms with Crippen molar-refractivity contribution in [2.75, 3.05) is 13.5 Å². The average molecular weight is 122 g/mol. The van der Waals surface area contributed by atoms with Crippen LogP contribution in [0.15, 0.2) is 0 Å². The highest BCUT2D eigenvalue weighted by Crippen LogP contribution is 1.99. The molecule has 2 nitrogen and oxygen atoms in total. The topological polar surface area (TPSA) is 29.5 Å². The minimum Gasteiger partial charge on any atom is -0.388 e. The van der Waals surface area contributed by atoms with Crippen molar-refractivity contribution in [1.82, 2.24) is 0 Å². The van der Waals surface area contributed by atoms with E-state index in [2.05, 4.69) is 4.74 Å². The van der Waals surface area contributed by atoms with Crippen molar-refractivity contribution in [2.24, 2.45) is 0 Å². The van der Waals surface area contributed by atoms with E-state index in [-0.39, 0.29) is 6.61 Å². The van der Waals surface area contributed by atoms with E-state index in [0.717, 1.165) is 0 Å². The van der Waals surface area contributed by atoms with Gasteiger partial charge in [0.05, 0.1) is 12.2 Å². The molecule has 0 aliphatic rings. The summed E-state index contributed by atoms with van der Waals surface area (Å²) in [6, 6.07) is 0. The maximum absolute atomic E-state index is 11.2. The summed E-state index contributed by atoms with van der Waals surface area (Å²) in [5.41, 5.74) is -0.911. The predicted octanol–water partition coefficient (Wildman–Crippen LogP) is 0.701. The normalized spacial score (nSPS) is 12.0. The van der Waals surface area contributed by atoms with Crippen molar-refractivity contribution in [1.29, 1.82) is 0 Å². The van der Waals surface area contributed by atoms with Crippen LogP contribution in [0.3, 0.4) is 0 Å². The van der Waals surface area contributed by atoms with Crippen LogP contribution in [-0.2, 0) is 4.74 Å². The molecular weight excluding hydrogens is 111 g/mol. The lowest BCUT2D eigenvalue weighted by Gasteiger charge is -2.14. The predicted molar refractivity (Wildman–Crippen MR) is 28.2 cm³/mol. The first kappa shape index (κ1) is 7.85. The van der Waals surface area contributed by atoms with E-state index in [1.807, 2.05) is 0 Å². The quantitative estimate of drug-likeness (QED) is 0.597. The summed E-state index contributed by atoms with van der Waals surface area (Å²) in [5, 5.41) is 8.86. The second kappa shape index (κ2) is 2.99. The molecule has 0 aromatic rings. The molecule has 0 atom stereocenters. The SMILES string of the molecule is CC(C)(O)COCF. The molecule has 0 radical (unpaired) electrons. The number of ether oxygens (including phenoxy) is 1. The Labute approximate surface area is 48.3 Å². The standard InChI is InChI=1S/C5H11FO2/c1-5(2,7)3-8-4-6/h7H,3-4H2,1-2H3. The molecule has 3 heteroatoms. The van der Waals surface area contributed by atoms with Crippen LogP contribution in [0, 0.1) is 0 Å². The van der Waals surface area contributed by atoms with Crippen molar-refractivity contribution in [3.8, 4) is 0 Å². The molecule has 50 valence electrons. The van der Waals surface area contributed by atoms with E-state index < -0.39 is 12.5 Å². The fourth-order valence-electron chi connectivity index (χ4n) is 0.288. The first-order valence-electron chi connectivity index (χ1n) is 2.42. The van der Waals surface area contributed by atoms with E-state index in [0.29, 0.717) is 0 Å². The molecule has 0 saturated heterocycles. The molecule has 0 amide bonds. The summed E-state index contributed by atoms with van der Waals surface area (Å²) in [6.07, 6.45) is 0. The Morgan fingerprint density at radius 2 is 2.12 bits per heavy atom. The summed E-state index contributed by atoms with van der Waals surface area (Å²) in [5.74, 6) is 0. The van der Waals surface area contributed by atoms with Crippen LogP contribution >= 0.6 is 0 Å². The second-order valence-electron chi connectivity index (χ2n) is 2.27. The van der Waals surface area contributed by atoms with E-state index >= 15 is 0 Å². The molecule has 0 rings (SSSR count). The minimum absolute atomic E-state index is 0.0451. The zero-order valence-electron chi connectivity index (χ0n) is 5.15. The van der Waals surface area contributed by atoms with Crippen molar-refractivity contribution < 1.29 is 14.2 Å². The Bertz CT molecular complexity index is 57.9. The zero-order valence-corrected chi connectivity index (χ0v) is 5.15. The van der Waals surface area contributed by atoms with Crippen molar-refractivity contribution in [3.05, 3.63) is 0 Å². The van der Waals surface area contributed by atoms with Crippen molar-refractivity contribution >= 4 is 0 Å². The summed E-state index contributed by atoms with van der Waals surface area (Å²) < 4.78 is 15.5. The summed E-state index contributed by atoms with van der Waals surface area (Å²) >= 11 is 0. The summed E-state index contributed by atoms with van der Waals surface area (Å²) in [4.78, 5) is 0. The molecule has 1 N–H and O–H groups in total. The molecule has 0 aliphatic carbocycles. The largest absolute Gasteiger partial charge is 0.388 e. The molecule has 0 aliphatic heterocycles. The number of alkyl halides is 1. The lowest BCUT2D eigenvalue weighted by atomic mass is 10.2. The van der Waals surface area contributed by atoms with Crippen LogP contribution in [0.5, 0.6) is 0 Å². The molecule has 8 heavy (non-hydrogen) atoms. The van der Waals surface area contributed by atoms with Gasteiger partial charge in [-0.3, -0.25) is 0 Å². The Morgan fingerprint density at radius 3 is 2.25 bits per heavy atom. The second-order valence-corrected chi connectivity index (χ2v) is 2.27. The molecule has 0 saturated carbocycles. The van der Waals surface area contributed by atoms with Crippen LogP contribution in [0.1, 0.15) is 13.8 Å². The van der Waals surface area contributed by atoms with Gasteiger partial charge in [-0.1, -0.05) is 0 Å². The smallest absolute Gasteiger partial charge is 0.188 e. The zero-order chi connectivity index (χ0) is 6.62. The van der Waals surface area contributed by atoms with Gasteiger partial charge in [0.15, 0.2) is 6.86 Å². The van der Waals surface area contributed by atoms with Gasteiger partial charge < -0.3 is 9.84 Å². The van der Waals surface area contributed by atoms with E-state index in [4.69, 9.17) is 5.11 Å². The van der Waals surface area contributed by atoms with E-state index in [9.17, 15) is 4.39 Å². The van der Waals surface area contributed by atoms with Crippen molar-refractivity contribution in [3.63, 3.8) is 0 Å². The maximum Gasteiger partial charge on any atom is 0.188 e. The van der Waals surface area contributed by atoms with E-state index in [1.54, 1.807) is 13.8 Å². The Morgan fingerprint density at radius 1 is 1.62 bits per heavy atom. The molecule has 0 aromatic heterocycles. The van der Waals surface area contributed by atoms with Crippen molar-refractivity contribution in [2.45, 2.75) is 19.4 Å². The molecular formula is C5H11FO2. The highest BCUT2D eigenvalue weighted by Gasteiger charge is 2.11. The van der Waals surface area contributed by atoms with Crippen LogP contribution < -0.4 is 0 Å². The summed E-state index contributed by atoms with van der Waals surface area (Å²) in [7, 11) is 0. The van der Waals surface area contributed by atoms with Crippen LogP contribution in [0.4, 0.5) is 4.39 Å². The molecule has 0 spiro atoms. The Kier molecular flexibility index (Phi) is 2.94. The number of halogens is 1. The molecule has 0 bridgehead atoms. The number of hydrogen-bond acceptors (Lipinski definition) is 2. The first-order chi connectivity index (χ1) is 3.56. The third kappa shape index (κ3) is 5.85. The lowest BCUT2D eigenvalue weighted by Crippen LogP contribution is -2.25. The Hall–Kier alpha value is -0.150. The molecule has 0 heterocycles. The van der Waals surface area contributed by atoms with E-state index in [1.165, 1.54) is 0 Å². The van der Waals surface area contributed by atoms with Gasteiger partial charge in [-0.05, 0) is 13.8 Å². The van der Waals surface area contributed by atoms with Gasteiger partial charge in [-0.2, -0.15) is 0 Å². The van der Waals surface area contributed by atoms with Crippen LogP contribution in [0.2, 0.25) is 0 Å². The third-order valence-corrected chi connectivity index (χ3v) is 0.532. The van der Waals surface area contributed by atoms with Gasteiger partial charge in [0.2, 0.25) is 0 Å². The number of hydrogen-bond donors (Lipinski definition) is 1. The number of rotatable bonds is 3. The average Bonchev–Trinajstić information content (AvgIpc) is 1.59. The fourth-order valence-corrected chi connectivity index (χ4v) is 0.288. The van der Waals surface area contributed by atoms with Gasteiger partial charge >= 0.3 is 0 Å². The van der Waals surface area contributed by atoms with Gasteiger partial charge in [0.25, 0.3) is 0 Å². The highest BCUT2D eigenvalue weighted by atomic mass is 19.1. The highest BCUT2D eigenvalue weighted by molar-refractivity contribution is 4.61. The monoisotopic (exact) mass is 122 g/mol. The Balaban J connectivity index is 3.11. The third-order valence-electron chi connectivity index (χ3n) is 0.532. The van der Waals surface area contributed by atoms with Crippen LogP contribution in [0.25, 0.3) is 0 Å². The van der Waals surface area contributed by atoms with Gasteiger partial charge in [0, 0.05) is 0 Å². The summed E-state index contributed by atoms with van der Waals surface area (Å²) in [6.45, 7) is 2.33. The first-order valence-corrected chi connectivity index (χ1v) is 2.42. The van der Waals surface area contributed by atoms with Gasteiger partial charge in [0.1, 0.15) is 0 Å². The van der Waals surface area contributed by atoms with Crippen LogP contribution in [-0.4, -0.2) is 24.2 Å². The maximum atomic E-state index is 11.2. The molecule has 0 fully saturated rings.